The number of halogens is 1. The van der Waals surface area contributed by atoms with Gasteiger partial charge in [0, 0.05) is 13.1 Å². The summed E-state index contributed by atoms with van der Waals surface area (Å²) < 4.78 is 5.60. The summed E-state index contributed by atoms with van der Waals surface area (Å²) in [6.45, 7) is 7.12. The van der Waals surface area contributed by atoms with Crippen LogP contribution in [0.25, 0.3) is 0 Å². The van der Waals surface area contributed by atoms with Gasteiger partial charge in [-0.3, -0.25) is 4.79 Å². The highest BCUT2D eigenvalue weighted by Gasteiger charge is 2.21. The van der Waals surface area contributed by atoms with Gasteiger partial charge in [0.1, 0.15) is 0 Å². The smallest absolute Gasteiger partial charge is 0.224 e. The second-order valence-electron chi connectivity index (χ2n) is 5.92. The minimum atomic E-state index is 0. The average Bonchev–Trinajstić information content (AvgIpc) is 2.58. The van der Waals surface area contributed by atoms with Crippen molar-refractivity contribution in [1.29, 1.82) is 0 Å². The van der Waals surface area contributed by atoms with Gasteiger partial charge in [-0.25, -0.2) is 0 Å². The van der Waals surface area contributed by atoms with Gasteiger partial charge in [-0.1, -0.05) is 37.3 Å². The highest BCUT2D eigenvalue weighted by Crippen LogP contribution is 2.17. The highest BCUT2D eigenvalue weighted by atomic mass is 35.5. The molecule has 0 atom stereocenters. The van der Waals surface area contributed by atoms with Crippen LogP contribution in [0, 0.1) is 5.92 Å². The fourth-order valence-corrected chi connectivity index (χ4v) is 2.82. The van der Waals surface area contributed by atoms with E-state index in [9.17, 15) is 4.79 Å². The molecule has 0 unspecified atom stereocenters. The molecule has 0 spiro atoms. The zero-order valence-electron chi connectivity index (χ0n) is 14.0. The Bertz CT molecular complexity index is 434. The van der Waals surface area contributed by atoms with Crippen molar-refractivity contribution in [1.82, 2.24) is 10.2 Å². The molecule has 1 aromatic carbocycles. The Morgan fingerprint density at radius 3 is 2.61 bits per heavy atom. The van der Waals surface area contributed by atoms with Crippen molar-refractivity contribution in [3.05, 3.63) is 35.9 Å². The highest BCUT2D eigenvalue weighted by molar-refractivity contribution is 5.85. The van der Waals surface area contributed by atoms with Crippen molar-refractivity contribution in [2.45, 2.75) is 32.8 Å². The maximum atomic E-state index is 12.2. The third-order valence-corrected chi connectivity index (χ3v) is 4.22. The van der Waals surface area contributed by atoms with E-state index in [1.54, 1.807) is 0 Å². The van der Waals surface area contributed by atoms with Gasteiger partial charge in [-0.15, -0.1) is 12.4 Å². The Morgan fingerprint density at radius 2 is 1.96 bits per heavy atom. The number of carbonyl (C=O) groups excluding carboxylic acids is 1. The Kier molecular flexibility index (Phi) is 9.92. The first kappa shape index (κ1) is 19.9. The summed E-state index contributed by atoms with van der Waals surface area (Å²) in [6, 6.07) is 10.1. The summed E-state index contributed by atoms with van der Waals surface area (Å²) >= 11 is 0. The zero-order chi connectivity index (χ0) is 15.6. The first-order valence-corrected chi connectivity index (χ1v) is 8.39. The summed E-state index contributed by atoms with van der Waals surface area (Å²) in [7, 11) is 0. The van der Waals surface area contributed by atoms with Crippen LogP contribution in [0.2, 0.25) is 0 Å². The lowest BCUT2D eigenvalue weighted by atomic mass is 9.96. The lowest BCUT2D eigenvalue weighted by molar-refractivity contribution is -0.133. The number of hydrogen-bond donors (Lipinski definition) is 1. The second kappa shape index (κ2) is 11.4. The van der Waals surface area contributed by atoms with Crippen molar-refractivity contribution in [3.8, 4) is 0 Å². The third kappa shape index (κ3) is 7.34. The SMILES string of the molecule is CCNCC1CCN(C(=O)CCOCc2ccccc2)CC1.Cl. The number of piperidine rings is 1. The van der Waals surface area contributed by atoms with E-state index >= 15 is 0 Å². The summed E-state index contributed by atoms with van der Waals surface area (Å²) in [5.41, 5.74) is 1.15. The van der Waals surface area contributed by atoms with Gasteiger partial charge in [-0.2, -0.15) is 0 Å². The van der Waals surface area contributed by atoms with Crippen LogP contribution in [0.15, 0.2) is 30.3 Å². The van der Waals surface area contributed by atoms with Crippen molar-refractivity contribution < 1.29 is 9.53 Å². The van der Waals surface area contributed by atoms with Gasteiger partial charge in [0.05, 0.1) is 19.6 Å². The Balaban J connectivity index is 0.00000264. The molecule has 0 aromatic heterocycles. The molecule has 2 rings (SSSR count). The number of nitrogens with zero attached hydrogens (tertiary/aromatic N) is 1. The first-order valence-electron chi connectivity index (χ1n) is 8.39. The topological polar surface area (TPSA) is 41.6 Å². The van der Waals surface area contributed by atoms with Crippen LogP contribution in [0.3, 0.4) is 0 Å². The predicted molar refractivity (Wildman–Crippen MR) is 95.8 cm³/mol. The van der Waals surface area contributed by atoms with Crippen LogP contribution < -0.4 is 5.32 Å². The van der Waals surface area contributed by atoms with E-state index < -0.39 is 0 Å². The summed E-state index contributed by atoms with van der Waals surface area (Å²) in [5.74, 6) is 0.952. The molecule has 1 amide bonds. The Hall–Kier alpha value is -1.10. The Labute approximate surface area is 146 Å². The minimum absolute atomic E-state index is 0. The lowest BCUT2D eigenvalue weighted by Crippen LogP contribution is -2.41. The molecule has 1 N–H and O–H groups in total. The number of benzene rings is 1. The number of likely N-dealkylation sites (tertiary alicyclic amines) is 1. The summed E-state index contributed by atoms with van der Waals surface area (Å²) in [5, 5.41) is 3.40. The van der Waals surface area contributed by atoms with Crippen LogP contribution in [-0.2, 0) is 16.1 Å². The van der Waals surface area contributed by atoms with Crippen molar-refractivity contribution in [2.24, 2.45) is 5.92 Å². The van der Waals surface area contributed by atoms with E-state index in [4.69, 9.17) is 4.74 Å². The maximum absolute atomic E-state index is 12.2. The normalized spacial score (nSPS) is 15.3. The fourth-order valence-electron chi connectivity index (χ4n) is 2.82. The third-order valence-electron chi connectivity index (χ3n) is 4.22. The molecule has 5 heteroatoms. The molecular weight excluding hydrogens is 312 g/mol. The fraction of sp³-hybridized carbons (Fsp3) is 0.611. The van der Waals surface area contributed by atoms with Gasteiger partial charge in [0.25, 0.3) is 0 Å². The molecule has 1 aromatic rings. The second-order valence-corrected chi connectivity index (χ2v) is 5.92. The largest absolute Gasteiger partial charge is 0.376 e. The number of hydrogen-bond acceptors (Lipinski definition) is 3. The molecule has 1 saturated heterocycles. The van der Waals surface area contributed by atoms with E-state index in [1.807, 2.05) is 35.2 Å². The number of rotatable bonds is 8. The predicted octanol–water partition coefficient (Wildman–Crippen LogP) is 2.86. The number of carbonyl (C=O) groups is 1. The molecule has 130 valence electrons. The van der Waals surface area contributed by atoms with Crippen LogP contribution in [0.5, 0.6) is 0 Å². The molecule has 0 radical (unpaired) electrons. The molecule has 1 aliphatic heterocycles. The van der Waals surface area contributed by atoms with Crippen molar-refractivity contribution >= 4 is 18.3 Å². The Morgan fingerprint density at radius 1 is 1.26 bits per heavy atom. The van der Waals surface area contributed by atoms with E-state index in [1.165, 1.54) is 0 Å². The minimum Gasteiger partial charge on any atom is -0.376 e. The first-order chi connectivity index (χ1) is 10.8. The van der Waals surface area contributed by atoms with Gasteiger partial charge >= 0.3 is 0 Å². The molecule has 1 heterocycles. The molecule has 23 heavy (non-hydrogen) atoms. The number of amides is 1. The van der Waals surface area contributed by atoms with Gasteiger partial charge in [0.2, 0.25) is 5.91 Å². The molecule has 4 nitrogen and oxygen atoms in total. The van der Waals surface area contributed by atoms with Gasteiger partial charge < -0.3 is 15.0 Å². The number of ether oxygens (including phenoxy) is 1. The van der Waals surface area contributed by atoms with E-state index in [2.05, 4.69) is 12.2 Å². The monoisotopic (exact) mass is 340 g/mol. The quantitative estimate of drug-likeness (QED) is 0.740. The summed E-state index contributed by atoms with van der Waals surface area (Å²) in [6.07, 6.45) is 2.72. The molecule has 0 saturated carbocycles. The molecular formula is C18H29ClN2O2. The van der Waals surface area contributed by atoms with Crippen molar-refractivity contribution in [2.75, 3.05) is 32.8 Å². The van der Waals surface area contributed by atoms with E-state index in [0.717, 1.165) is 50.5 Å². The van der Waals surface area contributed by atoms with Crippen molar-refractivity contribution in [3.63, 3.8) is 0 Å². The standard InChI is InChI=1S/C18H28N2O2.ClH/c1-2-19-14-16-8-11-20(12-9-16)18(21)10-13-22-15-17-6-4-3-5-7-17;/h3-7,16,19H,2,8-15H2,1H3;1H. The zero-order valence-corrected chi connectivity index (χ0v) is 14.8. The molecule has 1 aliphatic rings. The average molecular weight is 341 g/mol. The molecule has 0 bridgehead atoms. The lowest BCUT2D eigenvalue weighted by Gasteiger charge is -2.32. The molecule has 1 fully saturated rings. The van der Waals surface area contributed by atoms with Crippen LogP contribution in [-0.4, -0.2) is 43.6 Å². The van der Waals surface area contributed by atoms with Crippen LogP contribution >= 0.6 is 12.4 Å². The van der Waals surface area contributed by atoms with E-state index in [-0.39, 0.29) is 18.3 Å². The maximum Gasteiger partial charge on any atom is 0.224 e. The summed E-state index contributed by atoms with van der Waals surface area (Å²) in [4.78, 5) is 14.2. The van der Waals surface area contributed by atoms with Crippen LogP contribution in [0.1, 0.15) is 31.7 Å². The number of nitrogens with one attached hydrogen (secondary N) is 1. The van der Waals surface area contributed by atoms with E-state index in [0.29, 0.717) is 19.6 Å². The van der Waals surface area contributed by atoms with Gasteiger partial charge in [0.15, 0.2) is 0 Å². The van der Waals surface area contributed by atoms with Crippen LogP contribution in [0.4, 0.5) is 0 Å². The van der Waals surface area contributed by atoms with Gasteiger partial charge in [-0.05, 0) is 37.4 Å². The molecule has 0 aliphatic carbocycles.